The second-order valence-electron chi connectivity index (χ2n) is 4.34. The van der Waals surface area contributed by atoms with Crippen molar-refractivity contribution in [1.29, 1.82) is 0 Å². The fraction of sp³-hybridized carbons (Fsp3) is 0.500. The molecule has 1 aromatic carbocycles. The van der Waals surface area contributed by atoms with Gasteiger partial charge < -0.3 is 5.73 Å². The van der Waals surface area contributed by atoms with E-state index in [2.05, 4.69) is 4.72 Å². The molecule has 1 aromatic rings. The zero-order valence-electron chi connectivity index (χ0n) is 10.1. The zero-order chi connectivity index (χ0) is 13.0. The smallest absolute Gasteiger partial charge is 0.240 e. The molecule has 3 N–H and O–H groups in total. The Morgan fingerprint density at radius 2 is 2.28 bits per heavy atom. The van der Waals surface area contributed by atoms with Gasteiger partial charge in [0.15, 0.2) is 0 Å². The molecule has 1 fully saturated rings. The molecule has 1 heterocycles. The molecule has 0 aliphatic carbocycles. The van der Waals surface area contributed by atoms with Gasteiger partial charge in [0, 0.05) is 18.3 Å². The Hall–Kier alpha value is -0.560. The van der Waals surface area contributed by atoms with E-state index in [9.17, 15) is 8.42 Å². The highest BCUT2D eigenvalue weighted by atomic mass is 32.2. The molecule has 0 amide bonds. The van der Waals surface area contributed by atoms with Gasteiger partial charge in [0.05, 0.1) is 4.90 Å². The van der Waals surface area contributed by atoms with Gasteiger partial charge in [-0.2, -0.15) is 11.8 Å². The maximum Gasteiger partial charge on any atom is 0.240 e. The van der Waals surface area contributed by atoms with Crippen LogP contribution in [-0.4, -0.2) is 26.0 Å². The van der Waals surface area contributed by atoms with Gasteiger partial charge in [0.25, 0.3) is 0 Å². The molecule has 1 aliphatic rings. The predicted molar refractivity (Wildman–Crippen MR) is 75.0 cm³/mol. The third-order valence-electron chi connectivity index (χ3n) is 2.97. The Kier molecular flexibility index (Phi) is 4.66. The summed E-state index contributed by atoms with van der Waals surface area (Å²) in [7, 11) is -3.40. The van der Waals surface area contributed by atoms with Crippen LogP contribution in [0.2, 0.25) is 0 Å². The summed E-state index contributed by atoms with van der Waals surface area (Å²) < 4.78 is 26.9. The average molecular weight is 286 g/mol. The van der Waals surface area contributed by atoms with Gasteiger partial charge in [-0.05, 0) is 36.3 Å². The third-order valence-corrected chi connectivity index (χ3v) is 5.79. The van der Waals surface area contributed by atoms with E-state index in [1.165, 1.54) is 6.42 Å². The van der Waals surface area contributed by atoms with Gasteiger partial charge >= 0.3 is 0 Å². The van der Waals surface area contributed by atoms with Crippen LogP contribution in [0, 0.1) is 0 Å². The lowest BCUT2D eigenvalue weighted by atomic mass is 10.2. The summed E-state index contributed by atoms with van der Waals surface area (Å²) in [6, 6.07) is 6.78. The van der Waals surface area contributed by atoms with E-state index in [-0.39, 0.29) is 0 Å². The number of thioether (sulfide) groups is 1. The Balaban J connectivity index is 2.04. The molecule has 0 saturated carbocycles. The molecule has 0 bridgehead atoms. The van der Waals surface area contributed by atoms with Gasteiger partial charge in [-0.25, -0.2) is 13.1 Å². The lowest BCUT2D eigenvalue weighted by molar-refractivity contribution is 0.579. The van der Waals surface area contributed by atoms with Crippen LogP contribution in [-0.2, 0) is 16.6 Å². The Morgan fingerprint density at radius 1 is 1.44 bits per heavy atom. The number of sulfonamides is 1. The summed E-state index contributed by atoms with van der Waals surface area (Å²) in [5, 5.41) is 0.414. The zero-order valence-corrected chi connectivity index (χ0v) is 11.8. The van der Waals surface area contributed by atoms with Gasteiger partial charge in [-0.1, -0.05) is 12.1 Å². The van der Waals surface area contributed by atoms with Crippen LogP contribution >= 0.6 is 11.8 Å². The highest BCUT2D eigenvalue weighted by molar-refractivity contribution is 8.00. The summed E-state index contributed by atoms with van der Waals surface area (Å²) in [6.07, 6.45) is 2.27. The van der Waals surface area contributed by atoms with Crippen molar-refractivity contribution in [3.63, 3.8) is 0 Å². The summed E-state index contributed by atoms with van der Waals surface area (Å²) in [5.74, 6) is 1.13. The van der Waals surface area contributed by atoms with Crippen LogP contribution in [0.5, 0.6) is 0 Å². The topological polar surface area (TPSA) is 72.2 Å². The molecule has 1 unspecified atom stereocenters. The SMILES string of the molecule is NCc1cccc(S(=O)(=O)NCC2CCCS2)c1. The molecule has 1 atom stereocenters. The second kappa shape index (κ2) is 6.06. The molecule has 0 radical (unpaired) electrons. The number of nitrogens with two attached hydrogens (primary N) is 1. The fourth-order valence-electron chi connectivity index (χ4n) is 1.93. The van der Waals surface area contributed by atoms with Crippen molar-refractivity contribution < 1.29 is 8.42 Å². The van der Waals surface area contributed by atoms with Crippen molar-refractivity contribution in [2.24, 2.45) is 5.73 Å². The number of hydrogen-bond donors (Lipinski definition) is 2. The highest BCUT2D eigenvalue weighted by Crippen LogP contribution is 2.25. The first-order valence-electron chi connectivity index (χ1n) is 6.02. The molecular weight excluding hydrogens is 268 g/mol. The van der Waals surface area contributed by atoms with Crippen molar-refractivity contribution in [3.05, 3.63) is 29.8 Å². The molecule has 1 aliphatic heterocycles. The van der Waals surface area contributed by atoms with E-state index >= 15 is 0 Å². The highest BCUT2D eigenvalue weighted by Gasteiger charge is 2.20. The minimum atomic E-state index is -3.40. The average Bonchev–Trinajstić information content (AvgIpc) is 2.90. The number of nitrogens with one attached hydrogen (secondary N) is 1. The summed E-state index contributed by atoms with van der Waals surface area (Å²) in [6.45, 7) is 0.863. The first kappa shape index (κ1) is 13.9. The first-order valence-corrected chi connectivity index (χ1v) is 8.55. The Labute approximate surface area is 112 Å². The van der Waals surface area contributed by atoms with Crippen molar-refractivity contribution in [2.45, 2.75) is 29.5 Å². The maximum absolute atomic E-state index is 12.1. The Morgan fingerprint density at radius 3 is 2.94 bits per heavy atom. The molecule has 6 heteroatoms. The Bertz CT molecular complexity index is 497. The van der Waals surface area contributed by atoms with Gasteiger partial charge in [0.1, 0.15) is 0 Å². The van der Waals surface area contributed by atoms with Crippen LogP contribution in [0.4, 0.5) is 0 Å². The molecule has 0 spiro atoms. The van der Waals surface area contributed by atoms with Crippen LogP contribution in [0.25, 0.3) is 0 Å². The summed E-state index contributed by atoms with van der Waals surface area (Å²) in [4.78, 5) is 0.299. The van der Waals surface area contributed by atoms with Crippen molar-refractivity contribution in [2.75, 3.05) is 12.3 Å². The van der Waals surface area contributed by atoms with E-state index in [4.69, 9.17) is 5.73 Å². The van der Waals surface area contributed by atoms with E-state index < -0.39 is 10.0 Å². The van der Waals surface area contributed by atoms with Gasteiger partial charge in [-0.15, -0.1) is 0 Å². The number of rotatable bonds is 5. The minimum absolute atomic E-state index is 0.299. The van der Waals surface area contributed by atoms with Crippen LogP contribution < -0.4 is 10.5 Å². The lowest BCUT2D eigenvalue weighted by Crippen LogP contribution is -2.29. The monoisotopic (exact) mass is 286 g/mol. The molecule has 2 rings (SSSR count). The molecule has 4 nitrogen and oxygen atoms in total. The molecule has 100 valence electrons. The van der Waals surface area contributed by atoms with E-state index in [0.717, 1.165) is 17.7 Å². The number of benzene rings is 1. The quantitative estimate of drug-likeness (QED) is 0.856. The van der Waals surface area contributed by atoms with Crippen molar-refractivity contribution >= 4 is 21.8 Å². The van der Waals surface area contributed by atoms with Crippen LogP contribution in [0.15, 0.2) is 29.2 Å². The van der Waals surface area contributed by atoms with Crippen LogP contribution in [0.3, 0.4) is 0 Å². The van der Waals surface area contributed by atoms with E-state index in [0.29, 0.717) is 23.2 Å². The first-order chi connectivity index (χ1) is 8.62. The second-order valence-corrected chi connectivity index (χ2v) is 7.51. The predicted octanol–water partition coefficient (Wildman–Crippen LogP) is 1.32. The van der Waals surface area contributed by atoms with Crippen molar-refractivity contribution in [1.82, 2.24) is 4.72 Å². The normalized spacial score (nSPS) is 20.2. The molecule has 0 aromatic heterocycles. The van der Waals surface area contributed by atoms with Gasteiger partial charge in [0.2, 0.25) is 10.0 Å². The fourth-order valence-corrected chi connectivity index (χ4v) is 4.39. The van der Waals surface area contributed by atoms with E-state index in [1.807, 2.05) is 17.8 Å². The maximum atomic E-state index is 12.1. The summed E-state index contributed by atoms with van der Waals surface area (Å²) >= 11 is 1.84. The summed E-state index contributed by atoms with van der Waals surface area (Å²) in [5.41, 5.74) is 6.34. The molecular formula is C12H18N2O2S2. The van der Waals surface area contributed by atoms with E-state index in [1.54, 1.807) is 18.2 Å². The standard InChI is InChI=1S/C12H18N2O2S2/c13-8-10-3-1-5-12(7-10)18(15,16)14-9-11-4-2-6-17-11/h1,3,5,7,11,14H,2,4,6,8-9,13H2. The lowest BCUT2D eigenvalue weighted by Gasteiger charge is -2.11. The minimum Gasteiger partial charge on any atom is -0.326 e. The largest absolute Gasteiger partial charge is 0.326 e. The molecule has 1 saturated heterocycles. The number of hydrogen-bond acceptors (Lipinski definition) is 4. The van der Waals surface area contributed by atoms with Gasteiger partial charge in [-0.3, -0.25) is 0 Å². The van der Waals surface area contributed by atoms with Crippen LogP contribution in [0.1, 0.15) is 18.4 Å². The molecule has 18 heavy (non-hydrogen) atoms. The van der Waals surface area contributed by atoms with Crippen molar-refractivity contribution in [3.8, 4) is 0 Å². The third kappa shape index (κ3) is 3.47.